The summed E-state index contributed by atoms with van der Waals surface area (Å²) in [5.74, 6) is -0.350. The van der Waals surface area contributed by atoms with Crippen molar-refractivity contribution in [3.63, 3.8) is 0 Å². The van der Waals surface area contributed by atoms with Crippen molar-refractivity contribution in [3.05, 3.63) is 35.5 Å². The van der Waals surface area contributed by atoms with Gasteiger partial charge in [-0.3, -0.25) is 4.79 Å². The minimum Gasteiger partial charge on any atom is -0.458 e. The van der Waals surface area contributed by atoms with Gasteiger partial charge in [0.25, 0.3) is 0 Å². The molecular weight excluding hydrogens is 424 g/mol. The number of methoxy groups -OCH3 is 2. The smallest absolute Gasteiger partial charge is 0.303 e. The normalized spacial score (nSPS) is 36.4. The molecule has 1 saturated heterocycles. The third-order valence-electron chi connectivity index (χ3n) is 6.69. The molecule has 5 atom stereocenters. The molecule has 0 aromatic carbocycles. The molecule has 0 radical (unpaired) electrons. The molecule has 0 aromatic heterocycles. The molecule has 7 heteroatoms. The second-order valence-electron chi connectivity index (χ2n) is 9.64. The van der Waals surface area contributed by atoms with Crippen molar-refractivity contribution in [2.75, 3.05) is 27.8 Å². The lowest BCUT2D eigenvalue weighted by atomic mass is 9.78. The van der Waals surface area contributed by atoms with Gasteiger partial charge in [-0.2, -0.15) is 0 Å². The first-order valence-electron chi connectivity index (χ1n) is 11.7. The maximum atomic E-state index is 12.0. The Morgan fingerprint density at radius 2 is 1.67 bits per heavy atom. The van der Waals surface area contributed by atoms with Gasteiger partial charge in [0.15, 0.2) is 0 Å². The highest BCUT2D eigenvalue weighted by Gasteiger charge is 2.49. The predicted molar refractivity (Wildman–Crippen MR) is 127 cm³/mol. The number of rotatable bonds is 8. The van der Waals surface area contributed by atoms with Gasteiger partial charge in [0.1, 0.15) is 19.7 Å². The summed E-state index contributed by atoms with van der Waals surface area (Å²) in [6, 6.07) is 0. The summed E-state index contributed by atoms with van der Waals surface area (Å²) < 4.78 is 35.3. The van der Waals surface area contributed by atoms with Crippen LogP contribution in [0.3, 0.4) is 0 Å². The van der Waals surface area contributed by atoms with Gasteiger partial charge in [0.05, 0.1) is 23.4 Å². The van der Waals surface area contributed by atoms with Crippen LogP contribution in [0.4, 0.5) is 0 Å². The van der Waals surface area contributed by atoms with E-state index in [1.54, 1.807) is 14.2 Å². The number of allylic oxidation sites excluding steroid dienone is 3. The molecule has 0 amide bonds. The van der Waals surface area contributed by atoms with E-state index in [0.717, 1.165) is 36.8 Å². The zero-order valence-corrected chi connectivity index (χ0v) is 21.4. The number of carbonyl (C=O) groups excluding carboxylic acids is 1. The lowest BCUT2D eigenvalue weighted by molar-refractivity contribution is -0.268. The van der Waals surface area contributed by atoms with Crippen LogP contribution in [0, 0.1) is 0 Å². The van der Waals surface area contributed by atoms with Crippen LogP contribution < -0.4 is 0 Å². The molecule has 2 aliphatic rings. The van der Waals surface area contributed by atoms with Gasteiger partial charge in [-0.25, -0.2) is 0 Å². The van der Waals surface area contributed by atoms with Crippen LogP contribution in [0.15, 0.2) is 35.5 Å². The Hall–Kier alpha value is -1.51. The Morgan fingerprint density at radius 1 is 1.06 bits per heavy atom. The molecule has 2 heterocycles. The largest absolute Gasteiger partial charge is 0.458 e. The van der Waals surface area contributed by atoms with E-state index in [1.807, 2.05) is 19.9 Å². The van der Waals surface area contributed by atoms with Crippen molar-refractivity contribution < 1.29 is 33.2 Å². The van der Waals surface area contributed by atoms with Crippen molar-refractivity contribution in [3.8, 4) is 0 Å². The summed E-state index contributed by atoms with van der Waals surface area (Å²) in [6.07, 6.45) is 6.78. The first kappa shape index (κ1) is 27.7. The average Bonchev–Trinajstić information content (AvgIpc) is 2.74. The summed E-state index contributed by atoms with van der Waals surface area (Å²) in [6.45, 7) is 14.0. The molecule has 0 aliphatic carbocycles. The van der Waals surface area contributed by atoms with Gasteiger partial charge in [-0.05, 0) is 59.0 Å². The summed E-state index contributed by atoms with van der Waals surface area (Å²) >= 11 is 0. The molecule has 2 rings (SSSR count). The Bertz CT molecular complexity index is 743. The first-order valence-corrected chi connectivity index (χ1v) is 11.7. The van der Waals surface area contributed by atoms with Crippen LogP contribution in [0.2, 0.25) is 0 Å². The molecule has 0 unspecified atom stereocenters. The zero-order chi connectivity index (χ0) is 24.6. The van der Waals surface area contributed by atoms with E-state index < -0.39 is 17.3 Å². The lowest BCUT2D eigenvalue weighted by Crippen LogP contribution is -2.57. The molecule has 7 nitrogen and oxygen atoms in total. The molecule has 0 spiro atoms. The number of ether oxygens (including phenoxy) is 6. The maximum Gasteiger partial charge on any atom is 0.303 e. The van der Waals surface area contributed by atoms with E-state index in [9.17, 15) is 4.79 Å². The third-order valence-corrected chi connectivity index (χ3v) is 6.69. The minimum absolute atomic E-state index is 0.108. The highest BCUT2D eigenvalue weighted by atomic mass is 16.7. The Labute approximate surface area is 199 Å². The van der Waals surface area contributed by atoms with E-state index in [2.05, 4.69) is 26.5 Å². The second-order valence-corrected chi connectivity index (χ2v) is 9.64. The highest BCUT2D eigenvalue weighted by molar-refractivity contribution is 5.66. The van der Waals surface area contributed by atoms with E-state index >= 15 is 0 Å². The van der Waals surface area contributed by atoms with E-state index in [-0.39, 0.29) is 31.8 Å². The number of fused-ring (bicyclic) bond motifs is 2. The standard InChI is InChI=1S/C26H42O7/c1-18(2)21-11-9-19(3)10-12-23-25(5,30-16-28-7)14-13-24(33-23)26(6,31-17-29-8)15-22(21)32-20(4)27/h9,11,22-24H,1,10,12-17H2,2-8H3/b19-9+,21-11-/t22-,23-,24+,25+,26-/m1/s1. The van der Waals surface area contributed by atoms with Gasteiger partial charge in [-0.1, -0.05) is 29.9 Å². The summed E-state index contributed by atoms with van der Waals surface area (Å²) in [5.41, 5.74) is 1.70. The van der Waals surface area contributed by atoms with Crippen molar-refractivity contribution in [2.45, 2.75) is 96.2 Å². The van der Waals surface area contributed by atoms with Crippen LogP contribution in [0.25, 0.3) is 0 Å². The monoisotopic (exact) mass is 466 g/mol. The topological polar surface area (TPSA) is 72.5 Å². The fourth-order valence-corrected chi connectivity index (χ4v) is 4.63. The van der Waals surface area contributed by atoms with Gasteiger partial charge in [0.2, 0.25) is 0 Å². The second kappa shape index (κ2) is 12.3. The molecular formula is C26H42O7. The van der Waals surface area contributed by atoms with E-state index in [1.165, 1.54) is 12.5 Å². The molecule has 0 saturated carbocycles. The number of esters is 1. The predicted octanol–water partition coefficient (Wildman–Crippen LogP) is 4.86. The zero-order valence-electron chi connectivity index (χ0n) is 21.4. The third kappa shape index (κ3) is 7.49. The molecule has 0 aromatic rings. The van der Waals surface area contributed by atoms with Crippen molar-refractivity contribution in [1.29, 1.82) is 0 Å². The van der Waals surface area contributed by atoms with Gasteiger partial charge < -0.3 is 28.4 Å². The van der Waals surface area contributed by atoms with Crippen LogP contribution in [0.1, 0.15) is 66.7 Å². The average molecular weight is 467 g/mol. The lowest BCUT2D eigenvalue weighted by Gasteiger charge is -2.49. The molecule has 33 heavy (non-hydrogen) atoms. The summed E-state index contributed by atoms with van der Waals surface area (Å²) in [5, 5.41) is 0. The Kier molecular flexibility index (Phi) is 10.3. The van der Waals surface area contributed by atoms with Crippen LogP contribution >= 0.6 is 0 Å². The van der Waals surface area contributed by atoms with Crippen LogP contribution in [-0.4, -0.2) is 63.3 Å². The van der Waals surface area contributed by atoms with Gasteiger partial charge >= 0.3 is 5.97 Å². The fraction of sp³-hybridized carbons (Fsp3) is 0.731. The number of hydrogen-bond donors (Lipinski definition) is 0. The fourth-order valence-electron chi connectivity index (χ4n) is 4.63. The van der Waals surface area contributed by atoms with Crippen molar-refractivity contribution >= 4 is 5.97 Å². The quantitative estimate of drug-likeness (QED) is 0.374. The van der Waals surface area contributed by atoms with Crippen LogP contribution in [0.5, 0.6) is 0 Å². The Balaban J connectivity index is 2.52. The van der Waals surface area contributed by atoms with E-state index in [4.69, 9.17) is 28.4 Å². The summed E-state index contributed by atoms with van der Waals surface area (Å²) in [4.78, 5) is 12.0. The van der Waals surface area contributed by atoms with Crippen LogP contribution in [-0.2, 0) is 33.2 Å². The molecule has 2 bridgehead atoms. The summed E-state index contributed by atoms with van der Waals surface area (Å²) in [7, 11) is 3.22. The SMILES string of the molecule is C=C(C)/C1=C/C=C(\C)CC[C@H]2O[C@@H](CC[C@]2(C)OCOC)[C@](C)(OCOC)C[C@H]1OC(C)=O. The minimum atomic E-state index is -0.760. The first-order chi connectivity index (χ1) is 15.5. The molecule has 188 valence electrons. The Morgan fingerprint density at radius 3 is 2.24 bits per heavy atom. The molecule has 2 aliphatic heterocycles. The number of carbonyl (C=O) groups is 1. The molecule has 1 fully saturated rings. The van der Waals surface area contributed by atoms with Crippen molar-refractivity contribution in [2.24, 2.45) is 0 Å². The van der Waals surface area contributed by atoms with Crippen molar-refractivity contribution in [1.82, 2.24) is 0 Å². The van der Waals surface area contributed by atoms with Gasteiger partial charge in [0, 0.05) is 27.6 Å². The maximum absolute atomic E-state index is 12.0. The highest BCUT2D eigenvalue weighted by Crippen LogP contribution is 2.42. The van der Waals surface area contributed by atoms with Gasteiger partial charge in [-0.15, -0.1) is 0 Å². The van der Waals surface area contributed by atoms with E-state index in [0.29, 0.717) is 6.42 Å². The molecule has 0 N–H and O–H groups in total. The number of hydrogen-bond acceptors (Lipinski definition) is 7.